The van der Waals surface area contributed by atoms with Crippen LogP contribution in [-0.2, 0) is 22.9 Å². The summed E-state index contributed by atoms with van der Waals surface area (Å²) in [4.78, 5) is 20.7. The molecule has 0 aliphatic heterocycles. The van der Waals surface area contributed by atoms with Crippen molar-refractivity contribution in [2.75, 3.05) is 25.6 Å². The Bertz CT molecular complexity index is 463. The van der Waals surface area contributed by atoms with Crippen molar-refractivity contribution in [3.8, 4) is 0 Å². The second kappa shape index (κ2) is 18.1. The molecular weight excluding hydrogens is 416 g/mol. The molecule has 166 valence electrons. The van der Waals surface area contributed by atoms with Crippen molar-refractivity contribution in [2.45, 2.75) is 52.5 Å². The first-order chi connectivity index (χ1) is 12.7. The zero-order valence-corrected chi connectivity index (χ0v) is 21.0. The second-order valence-corrected chi connectivity index (χ2v) is 15.6. The van der Waals surface area contributed by atoms with Gasteiger partial charge in [-0.15, -0.1) is 6.58 Å². The number of carbonyl (C=O) groups excluding carboxylic acids is 1. The number of hydrogen-bond donors (Lipinski definition) is 3. The third-order valence-corrected chi connectivity index (χ3v) is 7.87. The van der Waals surface area contributed by atoms with Gasteiger partial charge in [0.15, 0.2) is 8.32 Å². The molecular formula is C18H38O7SSi2. The van der Waals surface area contributed by atoms with Crippen LogP contribution in [-0.4, -0.2) is 64.6 Å². The molecule has 0 fully saturated rings. The quantitative estimate of drug-likeness (QED) is 0.109. The van der Waals surface area contributed by atoms with Gasteiger partial charge in [0, 0.05) is 24.4 Å². The van der Waals surface area contributed by atoms with E-state index in [1.807, 2.05) is 13.1 Å². The van der Waals surface area contributed by atoms with Gasteiger partial charge in [-0.3, -0.25) is 4.79 Å². The first-order valence-electron chi connectivity index (χ1n) is 8.93. The number of ether oxygens (including phenoxy) is 1. The summed E-state index contributed by atoms with van der Waals surface area (Å²) in [6, 6.07) is 0. The largest absolute Gasteiger partial charge is 0.481 e. The van der Waals surface area contributed by atoms with Gasteiger partial charge in [0.2, 0.25) is 0 Å². The summed E-state index contributed by atoms with van der Waals surface area (Å²) in [5.41, 5.74) is 0.424. The zero-order chi connectivity index (χ0) is 22.8. The van der Waals surface area contributed by atoms with Gasteiger partial charge in [0.1, 0.15) is 0 Å². The fourth-order valence-corrected chi connectivity index (χ4v) is 8.49. The van der Waals surface area contributed by atoms with Crippen LogP contribution in [0.5, 0.6) is 0 Å². The highest BCUT2D eigenvalue weighted by molar-refractivity contribution is 7.80. The van der Waals surface area contributed by atoms with Gasteiger partial charge in [-0.25, -0.2) is 4.79 Å². The summed E-state index contributed by atoms with van der Waals surface area (Å²) in [5.74, 6) is -0.704. The molecule has 0 rings (SSSR count). The standard InChI is InChI=1S/C12H26O4Si2.C3H6O2S.C3H6O/c1-11(2)12(13)14-9-8-10-15-18(6,7)16-17(3,4)5;4-3(5)1-2-6;1-2-3-4/h1,8-10H2,2-7H3;6H,1-2H2,(H,4,5);2,4H,1,3H2. The van der Waals surface area contributed by atoms with Crippen LogP contribution in [0.15, 0.2) is 24.8 Å². The van der Waals surface area contributed by atoms with Gasteiger partial charge >= 0.3 is 20.5 Å². The highest BCUT2D eigenvalue weighted by Gasteiger charge is 2.31. The average Bonchev–Trinajstić information content (AvgIpc) is 2.52. The SMILES string of the molecule is C=C(C)C(=O)OCCCO[Si](C)(C)O[Si](C)(C)C.C=CCO.O=C(O)CCS. The molecule has 0 saturated carbocycles. The first-order valence-corrected chi connectivity index (χ1v) is 15.8. The lowest BCUT2D eigenvalue weighted by Crippen LogP contribution is -2.45. The molecule has 0 saturated heterocycles. The molecule has 0 aliphatic rings. The van der Waals surface area contributed by atoms with Crippen molar-refractivity contribution >= 4 is 41.4 Å². The highest BCUT2D eigenvalue weighted by Crippen LogP contribution is 2.15. The van der Waals surface area contributed by atoms with E-state index < -0.39 is 22.8 Å². The predicted octanol–water partition coefficient (Wildman–Crippen LogP) is 3.62. The first kappa shape index (κ1) is 31.8. The van der Waals surface area contributed by atoms with Crippen molar-refractivity contribution in [1.82, 2.24) is 0 Å². The Labute approximate surface area is 177 Å². The number of aliphatic hydroxyl groups excluding tert-OH is 1. The van der Waals surface area contributed by atoms with Crippen LogP contribution < -0.4 is 0 Å². The molecule has 7 nitrogen and oxygen atoms in total. The van der Waals surface area contributed by atoms with Crippen LogP contribution >= 0.6 is 12.6 Å². The van der Waals surface area contributed by atoms with Crippen molar-refractivity contribution in [3.05, 3.63) is 24.8 Å². The van der Waals surface area contributed by atoms with E-state index in [4.69, 9.17) is 23.5 Å². The van der Waals surface area contributed by atoms with Crippen LogP contribution in [0.25, 0.3) is 0 Å². The van der Waals surface area contributed by atoms with E-state index in [0.717, 1.165) is 0 Å². The fraction of sp³-hybridized carbons (Fsp3) is 0.667. The smallest absolute Gasteiger partial charge is 0.333 e. The Morgan fingerprint density at radius 3 is 1.93 bits per heavy atom. The number of carboxylic acids is 1. The number of esters is 1. The van der Waals surface area contributed by atoms with E-state index in [0.29, 0.717) is 31.0 Å². The molecule has 0 aromatic rings. The van der Waals surface area contributed by atoms with Crippen LogP contribution in [0.2, 0.25) is 32.7 Å². The summed E-state index contributed by atoms with van der Waals surface area (Å²) >= 11 is 3.68. The van der Waals surface area contributed by atoms with Crippen molar-refractivity contribution in [1.29, 1.82) is 0 Å². The lowest BCUT2D eigenvalue weighted by Gasteiger charge is -2.30. The molecule has 0 spiro atoms. The summed E-state index contributed by atoms with van der Waals surface area (Å²) in [6.45, 7) is 19.9. The summed E-state index contributed by atoms with van der Waals surface area (Å²) in [7, 11) is -3.59. The number of hydrogen-bond acceptors (Lipinski definition) is 7. The maximum atomic E-state index is 11.1. The number of rotatable bonds is 11. The minimum Gasteiger partial charge on any atom is -0.481 e. The highest BCUT2D eigenvalue weighted by atomic mass is 32.1. The normalized spacial score (nSPS) is 10.6. The van der Waals surface area contributed by atoms with Crippen LogP contribution in [0, 0.1) is 0 Å². The van der Waals surface area contributed by atoms with Gasteiger partial charge in [-0.2, -0.15) is 12.6 Å². The second-order valence-electron chi connectivity index (χ2n) is 7.07. The van der Waals surface area contributed by atoms with Crippen molar-refractivity contribution in [3.63, 3.8) is 0 Å². The van der Waals surface area contributed by atoms with Gasteiger partial charge in [0.05, 0.1) is 19.6 Å². The van der Waals surface area contributed by atoms with E-state index in [9.17, 15) is 9.59 Å². The van der Waals surface area contributed by atoms with E-state index in [2.05, 4.69) is 45.4 Å². The average molecular weight is 455 g/mol. The Hall–Kier alpha value is -0.916. The number of thiol groups is 1. The molecule has 10 heteroatoms. The maximum Gasteiger partial charge on any atom is 0.333 e. The monoisotopic (exact) mass is 454 g/mol. The Morgan fingerprint density at radius 1 is 1.14 bits per heavy atom. The molecule has 0 radical (unpaired) electrons. The maximum absolute atomic E-state index is 11.1. The molecule has 0 amide bonds. The topological polar surface area (TPSA) is 102 Å². The predicted molar refractivity (Wildman–Crippen MR) is 122 cm³/mol. The molecule has 0 aromatic heterocycles. The summed E-state index contributed by atoms with van der Waals surface area (Å²) < 4.78 is 16.8. The number of carbonyl (C=O) groups is 2. The molecule has 0 aliphatic carbocycles. The Balaban J connectivity index is -0.000000513. The van der Waals surface area contributed by atoms with E-state index in [-0.39, 0.29) is 19.0 Å². The summed E-state index contributed by atoms with van der Waals surface area (Å²) in [6.07, 6.45) is 2.27. The molecule has 0 heterocycles. The lowest BCUT2D eigenvalue weighted by molar-refractivity contribution is -0.139. The Kier molecular flexibility index (Phi) is 20.6. The van der Waals surface area contributed by atoms with Gasteiger partial charge in [-0.05, 0) is 39.7 Å². The van der Waals surface area contributed by atoms with Crippen molar-refractivity contribution in [2.24, 2.45) is 0 Å². The van der Waals surface area contributed by atoms with Crippen LogP contribution in [0.4, 0.5) is 0 Å². The van der Waals surface area contributed by atoms with Crippen molar-refractivity contribution < 1.29 is 33.1 Å². The number of carboxylic acid groups (broad SMARTS) is 1. The molecule has 0 atom stereocenters. The third-order valence-electron chi connectivity index (χ3n) is 2.33. The van der Waals surface area contributed by atoms with E-state index in [1.165, 1.54) is 6.08 Å². The number of aliphatic hydroxyl groups is 1. The lowest BCUT2D eigenvalue weighted by atomic mass is 10.4. The fourth-order valence-electron chi connectivity index (χ4n) is 1.53. The zero-order valence-electron chi connectivity index (χ0n) is 18.1. The Morgan fingerprint density at radius 2 is 1.64 bits per heavy atom. The van der Waals surface area contributed by atoms with Crippen LogP contribution in [0.1, 0.15) is 19.8 Å². The molecule has 0 unspecified atom stereocenters. The molecule has 0 bridgehead atoms. The molecule has 0 aromatic carbocycles. The van der Waals surface area contributed by atoms with Gasteiger partial charge < -0.3 is 23.5 Å². The van der Waals surface area contributed by atoms with E-state index in [1.54, 1.807) is 6.92 Å². The van der Waals surface area contributed by atoms with Gasteiger partial charge in [-0.1, -0.05) is 12.7 Å². The minimum atomic E-state index is -2.03. The third kappa shape index (κ3) is 29.8. The minimum absolute atomic E-state index is 0.0833. The van der Waals surface area contributed by atoms with E-state index >= 15 is 0 Å². The number of aliphatic carboxylic acids is 1. The van der Waals surface area contributed by atoms with Gasteiger partial charge in [0.25, 0.3) is 0 Å². The summed E-state index contributed by atoms with van der Waals surface area (Å²) in [5, 5.41) is 15.6. The molecule has 28 heavy (non-hydrogen) atoms. The van der Waals surface area contributed by atoms with Crippen LogP contribution in [0.3, 0.4) is 0 Å². The molecule has 2 N–H and O–H groups in total.